The number of hydrogen-bond acceptors (Lipinski definition) is 4. The fraction of sp³-hybridized carbons (Fsp3) is 0.818. The van der Waals surface area contributed by atoms with E-state index in [1.54, 1.807) is 13.2 Å². The third kappa shape index (κ3) is 3.78. The van der Waals surface area contributed by atoms with Crippen LogP contribution in [0.3, 0.4) is 0 Å². The molecular weight excluding hydrogens is 194 g/mol. The van der Waals surface area contributed by atoms with Crippen LogP contribution >= 0.6 is 0 Å². The van der Waals surface area contributed by atoms with E-state index in [0.29, 0.717) is 19.4 Å². The van der Waals surface area contributed by atoms with Gasteiger partial charge in [-0.15, -0.1) is 0 Å². The van der Waals surface area contributed by atoms with E-state index in [9.17, 15) is 4.79 Å². The molecule has 0 aliphatic rings. The Morgan fingerprint density at radius 2 is 2.07 bits per heavy atom. The number of ether oxygens (including phenoxy) is 2. The second kappa shape index (κ2) is 6.28. The third-order valence-corrected chi connectivity index (χ3v) is 2.20. The van der Waals surface area contributed by atoms with Crippen LogP contribution in [0.4, 0.5) is 0 Å². The van der Waals surface area contributed by atoms with Gasteiger partial charge in [0.1, 0.15) is 0 Å². The molecule has 0 aromatic heterocycles. The smallest absolute Gasteiger partial charge is 0.351 e. The molecule has 0 rings (SSSR count). The van der Waals surface area contributed by atoms with Gasteiger partial charge in [0.15, 0.2) is 0 Å². The van der Waals surface area contributed by atoms with Gasteiger partial charge in [0, 0.05) is 6.42 Å². The Bertz CT molecular complexity index is 245. The average Bonchev–Trinajstić information content (AvgIpc) is 2.16. The monoisotopic (exact) mass is 213 g/mol. The van der Waals surface area contributed by atoms with Crippen LogP contribution in [0, 0.1) is 17.4 Å². The minimum Gasteiger partial charge on any atom is -0.463 e. The molecule has 0 aliphatic heterocycles. The Morgan fingerprint density at radius 3 is 2.40 bits per heavy atom. The predicted octanol–water partition coefficient (Wildman–Crippen LogP) is 2.24. The average molecular weight is 213 g/mol. The zero-order valence-corrected chi connectivity index (χ0v) is 9.87. The van der Waals surface area contributed by atoms with Crippen molar-refractivity contribution in [3.8, 4) is 6.26 Å². The number of hydrogen-bond donors (Lipinski definition) is 0. The highest BCUT2D eigenvalue weighted by Crippen LogP contribution is 2.26. The van der Waals surface area contributed by atoms with Gasteiger partial charge < -0.3 is 9.47 Å². The van der Waals surface area contributed by atoms with E-state index in [-0.39, 0.29) is 5.92 Å². The van der Waals surface area contributed by atoms with Gasteiger partial charge in [-0.05, 0) is 19.3 Å². The molecule has 86 valence electrons. The summed E-state index contributed by atoms with van der Waals surface area (Å²) in [6, 6.07) is 0. The Kier molecular flexibility index (Phi) is 5.76. The number of rotatable bonds is 6. The zero-order chi connectivity index (χ0) is 11.9. The van der Waals surface area contributed by atoms with Crippen LogP contribution < -0.4 is 0 Å². The van der Waals surface area contributed by atoms with E-state index < -0.39 is 11.6 Å². The van der Waals surface area contributed by atoms with Crippen molar-refractivity contribution in [1.29, 1.82) is 5.26 Å². The standard InChI is InChI=1S/C11H19NO3/c1-5-11(15-8-12,7-9(3)4)10(13)14-6-2/h9H,5-7H2,1-4H3/t11-/m0/s1. The molecule has 0 heterocycles. The van der Waals surface area contributed by atoms with Crippen molar-refractivity contribution in [2.24, 2.45) is 5.92 Å². The number of esters is 1. The zero-order valence-electron chi connectivity index (χ0n) is 9.87. The Labute approximate surface area is 91.2 Å². The lowest BCUT2D eigenvalue weighted by molar-refractivity contribution is -0.167. The van der Waals surface area contributed by atoms with Gasteiger partial charge in [-0.3, -0.25) is 0 Å². The molecule has 0 aromatic rings. The fourth-order valence-electron chi connectivity index (χ4n) is 1.54. The molecule has 0 fully saturated rings. The molecule has 0 unspecified atom stereocenters. The van der Waals surface area contributed by atoms with Crippen molar-refractivity contribution in [3.63, 3.8) is 0 Å². The largest absolute Gasteiger partial charge is 0.463 e. The molecule has 0 bridgehead atoms. The molecule has 0 radical (unpaired) electrons. The lowest BCUT2D eigenvalue weighted by atomic mass is 9.90. The van der Waals surface area contributed by atoms with Crippen LogP contribution in [-0.4, -0.2) is 18.2 Å². The van der Waals surface area contributed by atoms with Gasteiger partial charge in [-0.25, -0.2) is 4.79 Å². The summed E-state index contributed by atoms with van der Waals surface area (Å²) in [5, 5.41) is 8.58. The molecule has 0 amide bonds. The SMILES string of the molecule is CCOC(=O)[C@](CC)(CC(C)C)OC#N. The fourth-order valence-corrected chi connectivity index (χ4v) is 1.54. The van der Waals surface area contributed by atoms with Crippen LogP contribution in [0.5, 0.6) is 0 Å². The highest BCUT2D eigenvalue weighted by molar-refractivity contribution is 5.79. The first kappa shape index (κ1) is 13.8. The maximum atomic E-state index is 11.7. The summed E-state index contributed by atoms with van der Waals surface area (Å²) >= 11 is 0. The normalized spacial score (nSPS) is 14.1. The van der Waals surface area contributed by atoms with E-state index in [1.807, 2.05) is 20.8 Å². The molecule has 0 saturated carbocycles. The second-order valence-electron chi connectivity index (χ2n) is 3.86. The quantitative estimate of drug-likeness (QED) is 0.501. The molecule has 0 aliphatic carbocycles. The summed E-state index contributed by atoms with van der Waals surface area (Å²) in [5.74, 6) is -0.176. The van der Waals surface area contributed by atoms with Gasteiger partial charge in [-0.2, -0.15) is 5.26 Å². The summed E-state index contributed by atoms with van der Waals surface area (Å²) in [4.78, 5) is 11.7. The summed E-state index contributed by atoms with van der Waals surface area (Å²) in [5.41, 5.74) is -1.10. The van der Waals surface area contributed by atoms with Crippen LogP contribution in [0.1, 0.15) is 40.5 Å². The maximum absolute atomic E-state index is 11.7. The van der Waals surface area contributed by atoms with Crippen molar-refractivity contribution in [1.82, 2.24) is 0 Å². The van der Waals surface area contributed by atoms with Crippen molar-refractivity contribution in [2.45, 2.75) is 46.1 Å². The Hall–Kier alpha value is -1.24. The van der Waals surface area contributed by atoms with E-state index >= 15 is 0 Å². The molecule has 15 heavy (non-hydrogen) atoms. The van der Waals surface area contributed by atoms with Gasteiger partial charge in [0.2, 0.25) is 5.60 Å². The van der Waals surface area contributed by atoms with Gasteiger partial charge in [0.05, 0.1) is 6.61 Å². The highest BCUT2D eigenvalue weighted by atomic mass is 16.6. The van der Waals surface area contributed by atoms with Crippen molar-refractivity contribution in [2.75, 3.05) is 6.61 Å². The summed E-state index contributed by atoms with van der Waals surface area (Å²) < 4.78 is 9.87. The van der Waals surface area contributed by atoms with E-state index in [0.717, 1.165) is 0 Å². The predicted molar refractivity (Wildman–Crippen MR) is 55.8 cm³/mol. The Balaban J connectivity index is 4.80. The van der Waals surface area contributed by atoms with E-state index in [2.05, 4.69) is 0 Å². The molecule has 4 nitrogen and oxygen atoms in total. The van der Waals surface area contributed by atoms with Gasteiger partial charge in [-0.1, -0.05) is 20.8 Å². The molecular formula is C11H19NO3. The molecule has 0 aromatic carbocycles. The molecule has 1 atom stereocenters. The minimum absolute atomic E-state index is 0.266. The minimum atomic E-state index is -1.10. The van der Waals surface area contributed by atoms with Crippen molar-refractivity contribution in [3.05, 3.63) is 0 Å². The maximum Gasteiger partial charge on any atom is 0.351 e. The molecule has 0 saturated heterocycles. The van der Waals surface area contributed by atoms with Crippen LogP contribution in [0.25, 0.3) is 0 Å². The summed E-state index contributed by atoms with van der Waals surface area (Å²) in [6.07, 6.45) is 2.54. The first-order chi connectivity index (χ1) is 7.02. The van der Waals surface area contributed by atoms with Crippen LogP contribution in [-0.2, 0) is 14.3 Å². The first-order valence-electron chi connectivity index (χ1n) is 5.26. The second-order valence-corrected chi connectivity index (χ2v) is 3.86. The molecule has 0 N–H and O–H groups in total. The summed E-state index contributed by atoms with van der Waals surface area (Å²) in [6.45, 7) is 7.80. The van der Waals surface area contributed by atoms with Gasteiger partial charge >= 0.3 is 5.97 Å². The summed E-state index contributed by atoms with van der Waals surface area (Å²) in [7, 11) is 0. The van der Waals surface area contributed by atoms with Crippen LogP contribution in [0.2, 0.25) is 0 Å². The Morgan fingerprint density at radius 1 is 1.47 bits per heavy atom. The highest BCUT2D eigenvalue weighted by Gasteiger charge is 2.41. The third-order valence-electron chi connectivity index (χ3n) is 2.20. The van der Waals surface area contributed by atoms with Crippen molar-refractivity contribution < 1.29 is 14.3 Å². The van der Waals surface area contributed by atoms with E-state index in [4.69, 9.17) is 14.7 Å². The number of carbonyl (C=O) groups is 1. The van der Waals surface area contributed by atoms with Gasteiger partial charge in [0.25, 0.3) is 6.26 Å². The number of nitriles is 1. The van der Waals surface area contributed by atoms with Crippen molar-refractivity contribution >= 4 is 5.97 Å². The molecule has 0 spiro atoms. The lowest BCUT2D eigenvalue weighted by Crippen LogP contribution is -2.42. The number of carbonyl (C=O) groups excluding carboxylic acids is 1. The van der Waals surface area contributed by atoms with E-state index in [1.165, 1.54) is 0 Å². The number of nitrogens with zero attached hydrogens (tertiary/aromatic N) is 1. The topological polar surface area (TPSA) is 59.3 Å². The lowest BCUT2D eigenvalue weighted by Gasteiger charge is -2.28. The molecule has 4 heteroatoms. The first-order valence-corrected chi connectivity index (χ1v) is 5.26. The van der Waals surface area contributed by atoms with Crippen LogP contribution in [0.15, 0.2) is 0 Å².